The van der Waals surface area contributed by atoms with E-state index in [0.717, 1.165) is 38.2 Å². The zero-order valence-corrected chi connectivity index (χ0v) is 12.5. The van der Waals surface area contributed by atoms with Gasteiger partial charge in [-0.1, -0.05) is 0 Å². The maximum atomic E-state index is 12.1. The molecule has 0 spiro atoms. The van der Waals surface area contributed by atoms with Crippen molar-refractivity contribution in [3.05, 3.63) is 24.3 Å². The molecule has 1 aliphatic heterocycles. The van der Waals surface area contributed by atoms with Gasteiger partial charge in [0.15, 0.2) is 0 Å². The molecule has 1 aromatic carbocycles. The first-order chi connectivity index (χ1) is 9.54. The Bertz CT molecular complexity index is 567. The van der Waals surface area contributed by atoms with Gasteiger partial charge in [-0.25, -0.2) is 13.1 Å². The third-order valence-electron chi connectivity index (χ3n) is 3.78. The van der Waals surface area contributed by atoms with E-state index in [1.54, 1.807) is 12.1 Å². The van der Waals surface area contributed by atoms with Crippen molar-refractivity contribution < 1.29 is 8.42 Å². The lowest BCUT2D eigenvalue weighted by Crippen LogP contribution is -2.49. The molecule has 1 saturated heterocycles. The van der Waals surface area contributed by atoms with Crippen LogP contribution in [0.3, 0.4) is 0 Å². The lowest BCUT2D eigenvalue weighted by Gasteiger charge is -2.33. The molecule has 2 N–H and O–H groups in total. The Morgan fingerprint density at radius 2 is 1.95 bits per heavy atom. The van der Waals surface area contributed by atoms with E-state index >= 15 is 0 Å². The lowest BCUT2D eigenvalue weighted by atomic mass is 10.2. The maximum absolute atomic E-state index is 12.1. The third-order valence-corrected chi connectivity index (χ3v) is 5.32. The van der Waals surface area contributed by atoms with Crippen molar-refractivity contribution >= 4 is 15.7 Å². The van der Waals surface area contributed by atoms with Gasteiger partial charge in [0.2, 0.25) is 10.0 Å². The Hall–Kier alpha value is -1.11. The number of rotatable bonds is 4. The summed E-state index contributed by atoms with van der Waals surface area (Å²) in [6, 6.07) is 7.82. The summed E-state index contributed by atoms with van der Waals surface area (Å²) in [5.74, 6) is 0. The average molecular weight is 295 g/mol. The van der Waals surface area contributed by atoms with Crippen LogP contribution in [0.25, 0.3) is 0 Å². The molecule has 1 aliphatic carbocycles. The molecular formula is C14H21N3O2S. The monoisotopic (exact) mass is 295 g/mol. The molecule has 110 valence electrons. The summed E-state index contributed by atoms with van der Waals surface area (Å²) in [6.07, 6.45) is 1.91. The maximum Gasteiger partial charge on any atom is 0.240 e. The van der Waals surface area contributed by atoms with E-state index in [4.69, 9.17) is 0 Å². The SMILES string of the molecule is C[C@H]1CN(c2ccc(S(=O)(=O)NC3CC3)cc2)CCN1. The topological polar surface area (TPSA) is 61.4 Å². The Morgan fingerprint density at radius 1 is 1.25 bits per heavy atom. The molecule has 2 fully saturated rings. The van der Waals surface area contributed by atoms with Gasteiger partial charge in [-0.2, -0.15) is 0 Å². The van der Waals surface area contributed by atoms with Crippen LogP contribution in [0.5, 0.6) is 0 Å². The van der Waals surface area contributed by atoms with Gasteiger partial charge in [0.25, 0.3) is 0 Å². The first-order valence-electron chi connectivity index (χ1n) is 7.15. The standard InChI is InChI=1S/C14H21N3O2S/c1-11-10-17(9-8-15-11)13-4-6-14(7-5-13)20(18,19)16-12-2-3-12/h4-7,11-12,15-16H,2-3,8-10H2,1H3/t11-/m0/s1. The van der Waals surface area contributed by atoms with Crippen LogP contribution in [-0.4, -0.2) is 40.1 Å². The third kappa shape index (κ3) is 3.13. The molecule has 0 aromatic heterocycles. The minimum Gasteiger partial charge on any atom is -0.369 e. The second-order valence-electron chi connectivity index (χ2n) is 5.69. The number of anilines is 1. The minimum atomic E-state index is -3.34. The van der Waals surface area contributed by atoms with Gasteiger partial charge in [0, 0.05) is 37.4 Å². The van der Waals surface area contributed by atoms with Crippen molar-refractivity contribution in [2.75, 3.05) is 24.5 Å². The zero-order chi connectivity index (χ0) is 14.2. The molecule has 20 heavy (non-hydrogen) atoms. The second-order valence-corrected chi connectivity index (χ2v) is 7.40. The highest BCUT2D eigenvalue weighted by molar-refractivity contribution is 7.89. The molecule has 3 rings (SSSR count). The molecule has 6 heteroatoms. The van der Waals surface area contributed by atoms with E-state index < -0.39 is 10.0 Å². The van der Waals surface area contributed by atoms with Crippen molar-refractivity contribution in [3.63, 3.8) is 0 Å². The van der Waals surface area contributed by atoms with Crippen molar-refractivity contribution in [1.82, 2.24) is 10.0 Å². The van der Waals surface area contributed by atoms with E-state index in [1.807, 2.05) is 12.1 Å². The Morgan fingerprint density at radius 3 is 2.55 bits per heavy atom. The van der Waals surface area contributed by atoms with Gasteiger partial charge in [0.1, 0.15) is 0 Å². The Kier molecular flexibility index (Phi) is 3.70. The molecule has 0 bridgehead atoms. The van der Waals surface area contributed by atoms with Gasteiger partial charge < -0.3 is 10.2 Å². The Balaban J connectivity index is 1.73. The predicted octanol–water partition coefficient (Wildman–Crippen LogP) is 0.925. The van der Waals surface area contributed by atoms with Crippen LogP contribution in [0.2, 0.25) is 0 Å². The first-order valence-corrected chi connectivity index (χ1v) is 8.64. The first kappa shape index (κ1) is 13.9. The van der Waals surface area contributed by atoms with Gasteiger partial charge in [-0.15, -0.1) is 0 Å². The quantitative estimate of drug-likeness (QED) is 0.867. The van der Waals surface area contributed by atoms with E-state index in [9.17, 15) is 8.42 Å². The molecule has 0 amide bonds. The molecule has 2 aliphatic rings. The fraction of sp³-hybridized carbons (Fsp3) is 0.571. The number of piperazine rings is 1. The van der Waals surface area contributed by atoms with E-state index in [2.05, 4.69) is 21.9 Å². The van der Waals surface area contributed by atoms with Crippen molar-refractivity contribution in [2.45, 2.75) is 36.7 Å². The number of nitrogens with zero attached hydrogens (tertiary/aromatic N) is 1. The summed E-state index contributed by atoms with van der Waals surface area (Å²) >= 11 is 0. The smallest absolute Gasteiger partial charge is 0.240 e. The van der Waals surface area contributed by atoms with Crippen LogP contribution in [-0.2, 0) is 10.0 Å². The van der Waals surface area contributed by atoms with Crippen LogP contribution in [0.1, 0.15) is 19.8 Å². The number of hydrogen-bond donors (Lipinski definition) is 2. The highest BCUT2D eigenvalue weighted by Crippen LogP contribution is 2.23. The highest BCUT2D eigenvalue weighted by atomic mass is 32.2. The molecule has 1 heterocycles. The largest absolute Gasteiger partial charge is 0.369 e. The Labute approximate surface area is 120 Å². The summed E-state index contributed by atoms with van der Waals surface area (Å²) < 4.78 is 26.9. The van der Waals surface area contributed by atoms with Gasteiger partial charge in [-0.3, -0.25) is 0 Å². The molecule has 1 aromatic rings. The molecule has 1 saturated carbocycles. The summed E-state index contributed by atoms with van der Waals surface area (Å²) in [5.41, 5.74) is 1.09. The lowest BCUT2D eigenvalue weighted by molar-refractivity contribution is 0.485. The van der Waals surface area contributed by atoms with E-state index in [0.29, 0.717) is 10.9 Å². The molecule has 0 unspecified atom stereocenters. The van der Waals surface area contributed by atoms with Crippen LogP contribution < -0.4 is 14.9 Å². The summed E-state index contributed by atoms with van der Waals surface area (Å²) in [7, 11) is -3.34. The molecule has 0 radical (unpaired) electrons. The zero-order valence-electron chi connectivity index (χ0n) is 11.7. The molecular weight excluding hydrogens is 274 g/mol. The molecule has 1 atom stereocenters. The van der Waals surface area contributed by atoms with Crippen LogP contribution >= 0.6 is 0 Å². The van der Waals surface area contributed by atoms with E-state index in [-0.39, 0.29) is 6.04 Å². The summed E-state index contributed by atoms with van der Waals surface area (Å²) in [6.45, 7) is 5.03. The number of sulfonamides is 1. The van der Waals surface area contributed by atoms with Gasteiger partial charge >= 0.3 is 0 Å². The predicted molar refractivity (Wildman–Crippen MR) is 79.5 cm³/mol. The fourth-order valence-electron chi connectivity index (χ4n) is 2.49. The van der Waals surface area contributed by atoms with Crippen LogP contribution in [0.15, 0.2) is 29.2 Å². The van der Waals surface area contributed by atoms with Crippen molar-refractivity contribution in [3.8, 4) is 0 Å². The van der Waals surface area contributed by atoms with Gasteiger partial charge in [0.05, 0.1) is 4.90 Å². The molecule has 5 nitrogen and oxygen atoms in total. The number of nitrogens with one attached hydrogen (secondary N) is 2. The normalized spacial score (nSPS) is 23.9. The van der Waals surface area contributed by atoms with Gasteiger partial charge in [-0.05, 0) is 44.0 Å². The summed E-state index contributed by atoms with van der Waals surface area (Å²) in [5, 5.41) is 3.40. The van der Waals surface area contributed by atoms with Crippen LogP contribution in [0, 0.1) is 0 Å². The van der Waals surface area contributed by atoms with E-state index in [1.165, 1.54) is 0 Å². The summed E-state index contributed by atoms with van der Waals surface area (Å²) in [4.78, 5) is 2.64. The minimum absolute atomic E-state index is 0.147. The van der Waals surface area contributed by atoms with Crippen LogP contribution in [0.4, 0.5) is 5.69 Å². The highest BCUT2D eigenvalue weighted by Gasteiger charge is 2.28. The number of benzene rings is 1. The second kappa shape index (κ2) is 5.35. The average Bonchev–Trinajstić information content (AvgIpc) is 3.22. The van der Waals surface area contributed by atoms with Crippen molar-refractivity contribution in [2.24, 2.45) is 0 Å². The van der Waals surface area contributed by atoms with Crippen molar-refractivity contribution in [1.29, 1.82) is 0 Å². The number of hydrogen-bond acceptors (Lipinski definition) is 4. The fourth-order valence-corrected chi connectivity index (χ4v) is 3.80.